The molecule has 0 saturated heterocycles. The highest BCUT2D eigenvalue weighted by Crippen LogP contribution is 2.34. The molecule has 5 rings (SSSR count). The van der Waals surface area contributed by atoms with Crippen molar-refractivity contribution < 1.29 is 14.3 Å². The molecule has 0 spiro atoms. The molecule has 3 aliphatic rings. The van der Waals surface area contributed by atoms with Crippen molar-refractivity contribution in [2.75, 3.05) is 13.7 Å². The van der Waals surface area contributed by atoms with Crippen LogP contribution in [0.3, 0.4) is 0 Å². The number of hydrogen-bond donors (Lipinski definition) is 1. The zero-order valence-electron chi connectivity index (χ0n) is 22.8. The number of methoxy groups -OCH3 is 1. The number of benzene rings is 1. The Morgan fingerprint density at radius 1 is 1.13 bits per heavy atom. The van der Waals surface area contributed by atoms with Crippen LogP contribution in [-0.2, 0) is 30.7 Å². The van der Waals surface area contributed by atoms with E-state index < -0.39 is 0 Å². The molecule has 1 aromatic carbocycles. The van der Waals surface area contributed by atoms with Gasteiger partial charge in [0.15, 0.2) is 5.82 Å². The van der Waals surface area contributed by atoms with E-state index in [1.165, 1.54) is 0 Å². The smallest absolute Gasteiger partial charge is 0.259 e. The molecule has 0 radical (unpaired) electrons. The maximum atomic E-state index is 13.5. The first kappa shape index (κ1) is 25.9. The van der Waals surface area contributed by atoms with Gasteiger partial charge < -0.3 is 19.5 Å². The van der Waals surface area contributed by atoms with Gasteiger partial charge in [0.2, 0.25) is 5.91 Å². The topological polar surface area (TPSA) is 89.3 Å². The number of nitrogens with one attached hydrogen (secondary N) is 1. The lowest BCUT2D eigenvalue weighted by Gasteiger charge is -2.30. The van der Waals surface area contributed by atoms with Crippen LogP contribution in [0.5, 0.6) is 5.75 Å². The second-order valence-corrected chi connectivity index (χ2v) is 10.5. The van der Waals surface area contributed by atoms with Crippen LogP contribution in [0.2, 0.25) is 0 Å². The number of ether oxygens (including phenoxy) is 1. The molecule has 1 saturated carbocycles. The number of fused-ring (bicyclic) bond motifs is 2. The summed E-state index contributed by atoms with van der Waals surface area (Å²) < 4.78 is 7.79. The van der Waals surface area contributed by atoms with Crippen LogP contribution in [0.15, 0.2) is 41.6 Å². The minimum Gasteiger partial charge on any atom is -0.496 e. The molecular formula is C30H37N5O3. The molecule has 2 aliphatic heterocycles. The zero-order chi connectivity index (χ0) is 26.8. The van der Waals surface area contributed by atoms with Gasteiger partial charge in [-0.05, 0) is 86.4 Å². The van der Waals surface area contributed by atoms with E-state index >= 15 is 0 Å². The van der Waals surface area contributed by atoms with Gasteiger partial charge in [0.05, 0.1) is 12.7 Å². The predicted molar refractivity (Wildman–Crippen MR) is 146 cm³/mol. The van der Waals surface area contributed by atoms with E-state index in [4.69, 9.17) is 4.74 Å². The number of carbonyl (C=O) groups excluding carboxylic acids is 2. The molecule has 200 valence electrons. The molecular weight excluding hydrogens is 478 g/mol. The molecule has 1 aliphatic carbocycles. The maximum absolute atomic E-state index is 13.5. The van der Waals surface area contributed by atoms with Gasteiger partial charge in [0, 0.05) is 37.7 Å². The summed E-state index contributed by atoms with van der Waals surface area (Å²) in [5.74, 6) is 2.71. The first-order chi connectivity index (χ1) is 18.4. The molecule has 8 nitrogen and oxygen atoms in total. The van der Waals surface area contributed by atoms with Gasteiger partial charge in [-0.15, -0.1) is 10.2 Å². The Hall–Kier alpha value is -3.68. The Labute approximate surface area is 224 Å². The van der Waals surface area contributed by atoms with Gasteiger partial charge >= 0.3 is 0 Å². The van der Waals surface area contributed by atoms with Crippen molar-refractivity contribution in [3.05, 3.63) is 70.0 Å². The number of nitrogens with zero attached hydrogens (tertiary/aromatic N) is 4. The average Bonchev–Trinajstić information content (AvgIpc) is 3.55. The van der Waals surface area contributed by atoms with Gasteiger partial charge in [-0.1, -0.05) is 19.1 Å². The Morgan fingerprint density at radius 2 is 1.95 bits per heavy atom. The van der Waals surface area contributed by atoms with Crippen LogP contribution in [0.4, 0.5) is 0 Å². The third-order valence-corrected chi connectivity index (χ3v) is 7.83. The molecule has 1 fully saturated rings. The minimum atomic E-state index is -0.223. The van der Waals surface area contributed by atoms with Gasteiger partial charge in [0.1, 0.15) is 11.6 Å². The van der Waals surface area contributed by atoms with Crippen LogP contribution >= 0.6 is 0 Å². The van der Waals surface area contributed by atoms with E-state index in [0.29, 0.717) is 17.9 Å². The number of amides is 2. The van der Waals surface area contributed by atoms with E-state index in [1.54, 1.807) is 7.11 Å². The number of allylic oxidation sites excluding steroid dienone is 5. The summed E-state index contributed by atoms with van der Waals surface area (Å²) in [5, 5.41) is 11.8. The summed E-state index contributed by atoms with van der Waals surface area (Å²) in [6.45, 7) is 8.34. The van der Waals surface area contributed by atoms with Crippen molar-refractivity contribution >= 4 is 17.4 Å². The van der Waals surface area contributed by atoms with Crippen molar-refractivity contribution in [1.29, 1.82) is 0 Å². The van der Waals surface area contributed by atoms with E-state index in [1.807, 2.05) is 49.1 Å². The molecule has 38 heavy (non-hydrogen) atoms. The Bertz CT molecular complexity index is 1350. The standard InChI is InChI=1S/C30H37N5O3/c1-5-19(2)25(9-6-8-20(3)28-33-32-27-10-7-14-35(27)28)31-29(36)24-16-23-18-34(30(37)21-11-12-21)15-13-22(23)17-26(24)38-4/h6,8-9,16-17,21H,5,7,10-15,18H2,1-4H3,(H,31,36)/b9-6-,20-8+,25-19-. The molecule has 2 amide bonds. The van der Waals surface area contributed by atoms with Crippen molar-refractivity contribution in [2.24, 2.45) is 5.92 Å². The fraction of sp³-hybridized carbons (Fsp3) is 0.467. The molecule has 8 heteroatoms. The van der Waals surface area contributed by atoms with Gasteiger partial charge in [0.25, 0.3) is 5.91 Å². The number of rotatable bonds is 8. The summed E-state index contributed by atoms with van der Waals surface area (Å²) >= 11 is 0. The maximum Gasteiger partial charge on any atom is 0.259 e. The van der Waals surface area contributed by atoms with Gasteiger partial charge in [-0.2, -0.15) is 0 Å². The highest BCUT2D eigenvalue weighted by Gasteiger charge is 2.35. The number of carbonyl (C=O) groups is 2. The minimum absolute atomic E-state index is 0.192. The first-order valence-corrected chi connectivity index (χ1v) is 13.7. The molecule has 3 heterocycles. The zero-order valence-corrected chi connectivity index (χ0v) is 22.8. The quantitative estimate of drug-likeness (QED) is 0.519. The van der Waals surface area contributed by atoms with E-state index in [-0.39, 0.29) is 17.7 Å². The van der Waals surface area contributed by atoms with Crippen molar-refractivity contribution in [1.82, 2.24) is 25.0 Å². The summed E-state index contributed by atoms with van der Waals surface area (Å²) in [4.78, 5) is 28.1. The van der Waals surface area contributed by atoms with Crippen LogP contribution in [0, 0.1) is 5.92 Å². The van der Waals surface area contributed by atoms with Gasteiger partial charge in [-0.25, -0.2) is 0 Å². The molecule has 0 bridgehead atoms. The molecule has 1 N–H and O–H groups in total. The average molecular weight is 516 g/mol. The largest absolute Gasteiger partial charge is 0.496 e. The van der Waals surface area contributed by atoms with Crippen LogP contribution < -0.4 is 10.1 Å². The third kappa shape index (κ3) is 5.30. The van der Waals surface area contributed by atoms with Crippen molar-refractivity contribution in [3.8, 4) is 5.75 Å². The summed E-state index contributed by atoms with van der Waals surface area (Å²) in [5.41, 5.74) is 5.50. The fourth-order valence-corrected chi connectivity index (χ4v) is 5.19. The second-order valence-electron chi connectivity index (χ2n) is 10.5. The number of aromatic nitrogens is 3. The van der Waals surface area contributed by atoms with Crippen LogP contribution in [-0.4, -0.2) is 45.1 Å². The Balaban J connectivity index is 1.34. The lowest BCUT2D eigenvalue weighted by atomic mass is 9.95. The van der Waals surface area contributed by atoms with E-state index in [9.17, 15) is 9.59 Å². The third-order valence-electron chi connectivity index (χ3n) is 7.83. The van der Waals surface area contributed by atoms with Crippen molar-refractivity contribution in [3.63, 3.8) is 0 Å². The Morgan fingerprint density at radius 3 is 2.68 bits per heavy atom. The fourth-order valence-electron chi connectivity index (χ4n) is 5.19. The lowest BCUT2D eigenvalue weighted by molar-refractivity contribution is -0.133. The van der Waals surface area contributed by atoms with Crippen molar-refractivity contribution in [2.45, 2.75) is 72.4 Å². The van der Waals surface area contributed by atoms with Crippen LogP contribution in [0.25, 0.3) is 5.57 Å². The van der Waals surface area contributed by atoms with Gasteiger partial charge in [-0.3, -0.25) is 9.59 Å². The van der Waals surface area contributed by atoms with E-state index in [2.05, 4.69) is 27.0 Å². The van der Waals surface area contributed by atoms with Crippen LogP contribution in [0.1, 0.15) is 79.6 Å². The second kappa shape index (κ2) is 11.0. The highest BCUT2D eigenvalue weighted by atomic mass is 16.5. The molecule has 1 aromatic heterocycles. The molecule has 2 aromatic rings. The number of hydrogen-bond acceptors (Lipinski definition) is 5. The predicted octanol–water partition coefficient (Wildman–Crippen LogP) is 4.60. The normalized spacial score (nSPS) is 17.8. The molecule has 0 unspecified atom stereocenters. The summed E-state index contributed by atoms with van der Waals surface area (Å²) in [7, 11) is 1.59. The Kier molecular flexibility index (Phi) is 7.49. The SMILES string of the molecule is CC/C(C)=C(/C=C\C=C(/C)c1nnc2n1CCC2)NC(=O)c1cc2c(cc1OC)CCN(C(=O)C1CC1)C2. The monoisotopic (exact) mass is 515 g/mol. The summed E-state index contributed by atoms with van der Waals surface area (Å²) in [6.07, 6.45) is 11.5. The highest BCUT2D eigenvalue weighted by molar-refractivity contribution is 5.98. The lowest BCUT2D eigenvalue weighted by Crippen LogP contribution is -2.37. The number of aryl methyl sites for hydroxylation is 1. The molecule has 0 atom stereocenters. The first-order valence-electron chi connectivity index (χ1n) is 13.7. The summed E-state index contributed by atoms with van der Waals surface area (Å²) in [6, 6.07) is 3.85. The van der Waals surface area contributed by atoms with E-state index in [0.717, 1.165) is 91.2 Å².